The van der Waals surface area contributed by atoms with Crippen LogP contribution in [0.25, 0.3) is 0 Å². The second-order valence-electron chi connectivity index (χ2n) is 2.62. The second kappa shape index (κ2) is 8.21. The molecule has 0 spiro atoms. The Labute approximate surface area is 76.7 Å². The number of hydrogen-bond donors (Lipinski definition) is 1. The molecule has 0 bridgehead atoms. The molecule has 65 valence electrons. The van der Waals surface area contributed by atoms with Crippen LogP contribution in [0.2, 0.25) is 0 Å². The highest BCUT2D eigenvalue weighted by Gasteiger charge is 1.99. The Morgan fingerprint density at radius 1 is 1.27 bits per heavy atom. The fourth-order valence-electron chi connectivity index (χ4n) is 0.871. The molecule has 1 radical (unpaired) electrons. The maximum atomic E-state index is 9.97. The van der Waals surface area contributed by atoms with E-state index in [1.807, 2.05) is 0 Å². The van der Waals surface area contributed by atoms with Crippen molar-refractivity contribution in [3.05, 3.63) is 0 Å². The van der Waals surface area contributed by atoms with Gasteiger partial charge < -0.3 is 5.73 Å². The molecule has 11 heavy (non-hydrogen) atoms. The average molecular weight is 221 g/mol. The SMILES string of the molecule is N[C@H]([C]=O)CCCCCCBr. The summed E-state index contributed by atoms with van der Waals surface area (Å²) in [6.45, 7) is 0. The van der Waals surface area contributed by atoms with Gasteiger partial charge in [0.1, 0.15) is 0 Å². The van der Waals surface area contributed by atoms with E-state index in [1.165, 1.54) is 19.3 Å². The van der Waals surface area contributed by atoms with Crippen molar-refractivity contribution in [1.82, 2.24) is 0 Å². The molecular weight excluding hydrogens is 206 g/mol. The van der Waals surface area contributed by atoms with Crippen molar-refractivity contribution in [1.29, 1.82) is 0 Å². The van der Waals surface area contributed by atoms with Crippen molar-refractivity contribution in [2.45, 2.75) is 38.1 Å². The molecule has 0 fully saturated rings. The smallest absolute Gasteiger partial charge is 0.216 e. The second-order valence-corrected chi connectivity index (χ2v) is 3.41. The predicted octanol–water partition coefficient (Wildman–Crippen LogP) is 1.77. The van der Waals surface area contributed by atoms with E-state index in [4.69, 9.17) is 5.73 Å². The molecule has 0 aromatic carbocycles. The van der Waals surface area contributed by atoms with Crippen LogP contribution < -0.4 is 5.73 Å². The molecule has 0 unspecified atom stereocenters. The first kappa shape index (κ1) is 11.1. The minimum Gasteiger partial charge on any atom is -0.321 e. The lowest BCUT2D eigenvalue weighted by Crippen LogP contribution is -2.20. The van der Waals surface area contributed by atoms with E-state index in [2.05, 4.69) is 15.9 Å². The molecule has 0 aliphatic rings. The molecule has 0 rings (SSSR count). The standard InChI is InChI=1S/C8H15BrNO/c9-6-4-2-1-3-5-8(10)7-11/h8H,1-6,10H2/t8-/m0/s1. The maximum absolute atomic E-state index is 9.97. The molecule has 0 aromatic heterocycles. The molecule has 0 saturated carbocycles. The molecule has 0 aliphatic carbocycles. The summed E-state index contributed by atoms with van der Waals surface area (Å²) in [6, 6.07) is -0.362. The molecule has 0 aliphatic heterocycles. The highest BCUT2D eigenvalue weighted by molar-refractivity contribution is 9.09. The lowest BCUT2D eigenvalue weighted by Gasteiger charge is -2.01. The molecule has 3 heteroatoms. The Morgan fingerprint density at radius 2 is 1.91 bits per heavy atom. The van der Waals surface area contributed by atoms with Crippen molar-refractivity contribution in [3.8, 4) is 0 Å². The largest absolute Gasteiger partial charge is 0.321 e. The molecule has 0 amide bonds. The summed E-state index contributed by atoms with van der Waals surface area (Å²) in [6.07, 6.45) is 7.20. The monoisotopic (exact) mass is 220 g/mol. The average Bonchev–Trinajstić information content (AvgIpc) is 2.04. The molecule has 2 N–H and O–H groups in total. The topological polar surface area (TPSA) is 43.1 Å². The van der Waals surface area contributed by atoms with E-state index in [0.717, 1.165) is 18.2 Å². The van der Waals surface area contributed by atoms with Gasteiger partial charge in [-0.05, 0) is 12.8 Å². The van der Waals surface area contributed by atoms with Crippen LogP contribution in [-0.2, 0) is 4.79 Å². The van der Waals surface area contributed by atoms with Gasteiger partial charge in [-0.2, -0.15) is 0 Å². The summed E-state index contributed by atoms with van der Waals surface area (Å²) in [5.74, 6) is 0. The fraction of sp³-hybridized carbons (Fsp3) is 0.875. The summed E-state index contributed by atoms with van der Waals surface area (Å²) >= 11 is 3.36. The van der Waals surface area contributed by atoms with Gasteiger partial charge in [-0.25, -0.2) is 0 Å². The zero-order valence-corrected chi connectivity index (χ0v) is 8.27. The number of carbonyl (C=O) groups excluding carboxylic acids is 1. The normalized spacial score (nSPS) is 12.9. The van der Waals surface area contributed by atoms with Gasteiger partial charge in [-0.15, -0.1) is 0 Å². The van der Waals surface area contributed by atoms with E-state index in [-0.39, 0.29) is 6.04 Å². The van der Waals surface area contributed by atoms with Gasteiger partial charge in [0.05, 0.1) is 6.04 Å². The predicted molar refractivity (Wildman–Crippen MR) is 50.5 cm³/mol. The van der Waals surface area contributed by atoms with Crippen LogP contribution in [0.15, 0.2) is 0 Å². The molecule has 0 aromatic rings. The summed E-state index contributed by atoms with van der Waals surface area (Å²) in [5.41, 5.74) is 5.35. The summed E-state index contributed by atoms with van der Waals surface area (Å²) in [4.78, 5) is 9.97. The summed E-state index contributed by atoms with van der Waals surface area (Å²) < 4.78 is 0. The van der Waals surface area contributed by atoms with Gasteiger partial charge >= 0.3 is 0 Å². The van der Waals surface area contributed by atoms with Crippen molar-refractivity contribution in [2.24, 2.45) is 5.73 Å². The van der Waals surface area contributed by atoms with Crippen molar-refractivity contribution >= 4 is 22.2 Å². The van der Waals surface area contributed by atoms with Gasteiger partial charge in [0.25, 0.3) is 0 Å². The van der Waals surface area contributed by atoms with Crippen LogP contribution >= 0.6 is 15.9 Å². The Hall–Kier alpha value is 0.110. The Bertz CT molecular complexity index is 98.1. The van der Waals surface area contributed by atoms with E-state index in [9.17, 15) is 4.79 Å². The van der Waals surface area contributed by atoms with Crippen LogP contribution in [0.4, 0.5) is 0 Å². The summed E-state index contributed by atoms with van der Waals surface area (Å²) in [5, 5.41) is 1.07. The van der Waals surface area contributed by atoms with E-state index >= 15 is 0 Å². The third-order valence-electron chi connectivity index (χ3n) is 1.55. The van der Waals surface area contributed by atoms with Crippen LogP contribution in [0.3, 0.4) is 0 Å². The third kappa shape index (κ3) is 8.01. The number of unbranched alkanes of at least 4 members (excludes halogenated alkanes) is 3. The minimum atomic E-state index is -0.362. The number of nitrogens with two attached hydrogens (primary N) is 1. The van der Waals surface area contributed by atoms with Gasteiger partial charge in [-0.3, -0.25) is 4.79 Å². The summed E-state index contributed by atoms with van der Waals surface area (Å²) in [7, 11) is 0. The molecule has 0 heterocycles. The molecule has 0 saturated heterocycles. The zero-order chi connectivity index (χ0) is 8.53. The first-order valence-electron chi connectivity index (χ1n) is 4.00. The number of rotatable bonds is 7. The molecular formula is C8H15BrNO. The van der Waals surface area contributed by atoms with Gasteiger partial charge in [-0.1, -0.05) is 35.2 Å². The van der Waals surface area contributed by atoms with Crippen LogP contribution in [0.1, 0.15) is 32.1 Å². The Balaban J connectivity index is 2.95. The zero-order valence-electron chi connectivity index (χ0n) is 6.68. The van der Waals surface area contributed by atoms with Gasteiger partial charge in [0.15, 0.2) is 0 Å². The highest BCUT2D eigenvalue weighted by Crippen LogP contribution is 2.04. The quantitative estimate of drug-likeness (QED) is 0.525. The number of hydrogen-bond acceptors (Lipinski definition) is 2. The number of halogens is 1. The third-order valence-corrected chi connectivity index (χ3v) is 2.11. The first-order valence-corrected chi connectivity index (χ1v) is 5.12. The van der Waals surface area contributed by atoms with Crippen LogP contribution in [0.5, 0.6) is 0 Å². The minimum absolute atomic E-state index is 0.362. The lowest BCUT2D eigenvalue weighted by molar-refractivity contribution is 0.526. The van der Waals surface area contributed by atoms with Crippen molar-refractivity contribution in [2.75, 3.05) is 5.33 Å². The highest BCUT2D eigenvalue weighted by atomic mass is 79.9. The maximum Gasteiger partial charge on any atom is 0.216 e. The van der Waals surface area contributed by atoms with Crippen molar-refractivity contribution < 1.29 is 4.79 Å². The Kier molecular flexibility index (Phi) is 8.29. The molecule has 1 atom stereocenters. The van der Waals surface area contributed by atoms with E-state index in [1.54, 1.807) is 6.29 Å². The Morgan fingerprint density at radius 3 is 2.45 bits per heavy atom. The molecule has 2 nitrogen and oxygen atoms in total. The van der Waals surface area contributed by atoms with Gasteiger partial charge in [0, 0.05) is 5.33 Å². The van der Waals surface area contributed by atoms with E-state index < -0.39 is 0 Å². The van der Waals surface area contributed by atoms with Gasteiger partial charge in [0.2, 0.25) is 6.29 Å². The first-order chi connectivity index (χ1) is 5.31. The fourth-order valence-corrected chi connectivity index (χ4v) is 1.27. The van der Waals surface area contributed by atoms with Crippen LogP contribution in [-0.4, -0.2) is 17.7 Å². The van der Waals surface area contributed by atoms with Crippen molar-refractivity contribution in [3.63, 3.8) is 0 Å². The lowest BCUT2D eigenvalue weighted by atomic mass is 10.1. The number of alkyl halides is 1. The van der Waals surface area contributed by atoms with E-state index in [0.29, 0.717) is 0 Å². The van der Waals surface area contributed by atoms with Crippen LogP contribution in [0, 0.1) is 0 Å².